The van der Waals surface area contributed by atoms with Crippen LogP contribution in [-0.4, -0.2) is 13.1 Å². The van der Waals surface area contributed by atoms with E-state index in [2.05, 4.69) is 17.4 Å². The minimum atomic E-state index is 0.136. The zero-order valence-electron chi connectivity index (χ0n) is 7.62. The summed E-state index contributed by atoms with van der Waals surface area (Å²) in [5, 5.41) is 3.19. The van der Waals surface area contributed by atoms with Gasteiger partial charge in [0.05, 0.1) is 0 Å². The van der Waals surface area contributed by atoms with Gasteiger partial charge in [-0.15, -0.1) is 0 Å². The van der Waals surface area contributed by atoms with Crippen LogP contribution in [0.1, 0.15) is 18.5 Å². The molecule has 0 spiro atoms. The summed E-state index contributed by atoms with van der Waals surface area (Å²) in [6, 6.07) is 10.6. The van der Waals surface area contributed by atoms with Crippen molar-refractivity contribution in [2.24, 2.45) is 5.73 Å². The topological polar surface area (TPSA) is 38.0 Å². The molecule has 1 aromatic carbocycles. The number of benzene rings is 1. The zero-order chi connectivity index (χ0) is 8.97. The monoisotopic (exact) mass is 164 g/mol. The second-order valence-corrected chi connectivity index (χ2v) is 3.04. The average Bonchev–Trinajstić information content (AvgIpc) is 2.07. The van der Waals surface area contributed by atoms with Crippen molar-refractivity contribution in [1.82, 2.24) is 5.32 Å². The normalized spacial score (nSPS) is 15.6. The molecule has 1 aromatic rings. The second-order valence-electron chi connectivity index (χ2n) is 3.04. The molecule has 2 atom stereocenters. The van der Waals surface area contributed by atoms with E-state index in [1.807, 2.05) is 32.2 Å². The van der Waals surface area contributed by atoms with Gasteiger partial charge in [0.2, 0.25) is 0 Å². The van der Waals surface area contributed by atoms with E-state index in [-0.39, 0.29) is 12.1 Å². The Labute approximate surface area is 73.8 Å². The highest BCUT2D eigenvalue weighted by Crippen LogP contribution is 2.13. The van der Waals surface area contributed by atoms with Crippen molar-refractivity contribution >= 4 is 0 Å². The van der Waals surface area contributed by atoms with Gasteiger partial charge in [0.1, 0.15) is 0 Å². The molecule has 0 aliphatic carbocycles. The molecule has 0 bridgehead atoms. The fourth-order valence-electron chi connectivity index (χ4n) is 1.39. The van der Waals surface area contributed by atoms with Crippen LogP contribution in [0.3, 0.4) is 0 Å². The van der Waals surface area contributed by atoms with Gasteiger partial charge in [-0.1, -0.05) is 30.3 Å². The van der Waals surface area contributed by atoms with Crippen LogP contribution in [0.5, 0.6) is 0 Å². The van der Waals surface area contributed by atoms with Gasteiger partial charge in [0.25, 0.3) is 0 Å². The quantitative estimate of drug-likeness (QED) is 0.706. The highest BCUT2D eigenvalue weighted by molar-refractivity contribution is 5.19. The molecule has 2 nitrogen and oxygen atoms in total. The van der Waals surface area contributed by atoms with Crippen molar-refractivity contribution in [3.05, 3.63) is 35.9 Å². The van der Waals surface area contributed by atoms with Gasteiger partial charge >= 0.3 is 0 Å². The van der Waals surface area contributed by atoms with E-state index < -0.39 is 0 Å². The van der Waals surface area contributed by atoms with E-state index in [0.29, 0.717) is 0 Å². The molecule has 0 saturated heterocycles. The van der Waals surface area contributed by atoms with E-state index in [1.165, 1.54) is 5.56 Å². The summed E-state index contributed by atoms with van der Waals surface area (Å²) < 4.78 is 0. The first-order chi connectivity index (χ1) is 5.75. The summed E-state index contributed by atoms with van der Waals surface area (Å²) in [6.07, 6.45) is 0. The summed E-state index contributed by atoms with van der Waals surface area (Å²) in [7, 11) is 1.93. The summed E-state index contributed by atoms with van der Waals surface area (Å²) >= 11 is 0. The lowest BCUT2D eigenvalue weighted by Gasteiger charge is -2.20. The van der Waals surface area contributed by atoms with Crippen LogP contribution in [0.4, 0.5) is 0 Å². The van der Waals surface area contributed by atoms with E-state index in [4.69, 9.17) is 5.73 Å². The molecule has 2 heteroatoms. The number of hydrogen-bond donors (Lipinski definition) is 2. The first-order valence-electron chi connectivity index (χ1n) is 4.23. The molecule has 0 amide bonds. The third-order valence-electron chi connectivity index (χ3n) is 2.00. The van der Waals surface area contributed by atoms with Gasteiger partial charge in [-0.25, -0.2) is 0 Å². The zero-order valence-corrected chi connectivity index (χ0v) is 7.62. The Morgan fingerprint density at radius 2 is 1.83 bits per heavy atom. The maximum Gasteiger partial charge on any atom is 0.0468 e. The highest BCUT2D eigenvalue weighted by Gasteiger charge is 2.12. The number of hydrogen-bond acceptors (Lipinski definition) is 2. The van der Waals surface area contributed by atoms with Gasteiger partial charge in [-0.3, -0.25) is 0 Å². The third-order valence-corrected chi connectivity index (χ3v) is 2.00. The molecule has 0 radical (unpaired) electrons. The molecule has 0 aliphatic heterocycles. The Balaban J connectivity index is 2.80. The fourth-order valence-corrected chi connectivity index (χ4v) is 1.39. The maximum absolute atomic E-state index is 5.82. The Kier molecular flexibility index (Phi) is 3.26. The number of nitrogens with two attached hydrogens (primary N) is 1. The standard InChI is InChI=1S/C10H16N2/c1-8(11)10(12-2)9-6-4-3-5-7-9/h3-8,10,12H,11H2,1-2H3/t8-,10-/m1/s1. The predicted molar refractivity (Wildman–Crippen MR) is 51.9 cm³/mol. The number of rotatable bonds is 3. The molecule has 0 aliphatic rings. The molecule has 1 rings (SSSR count). The van der Waals surface area contributed by atoms with Crippen LogP contribution in [0.25, 0.3) is 0 Å². The minimum absolute atomic E-state index is 0.136. The lowest BCUT2D eigenvalue weighted by molar-refractivity contribution is 0.504. The van der Waals surface area contributed by atoms with Crippen molar-refractivity contribution in [1.29, 1.82) is 0 Å². The Bertz CT molecular complexity index is 219. The van der Waals surface area contributed by atoms with Crippen molar-refractivity contribution in [2.45, 2.75) is 19.0 Å². The smallest absolute Gasteiger partial charge is 0.0468 e. The first-order valence-corrected chi connectivity index (χ1v) is 4.23. The second kappa shape index (κ2) is 4.24. The molecule has 3 N–H and O–H groups in total. The van der Waals surface area contributed by atoms with Crippen LogP contribution < -0.4 is 11.1 Å². The van der Waals surface area contributed by atoms with Crippen molar-refractivity contribution in [3.63, 3.8) is 0 Å². The van der Waals surface area contributed by atoms with E-state index in [1.54, 1.807) is 0 Å². The number of nitrogens with one attached hydrogen (secondary N) is 1. The minimum Gasteiger partial charge on any atom is -0.326 e. The van der Waals surface area contributed by atoms with Crippen LogP contribution in [-0.2, 0) is 0 Å². The van der Waals surface area contributed by atoms with E-state index >= 15 is 0 Å². The largest absolute Gasteiger partial charge is 0.326 e. The lowest BCUT2D eigenvalue weighted by Crippen LogP contribution is -2.33. The molecule has 0 aromatic heterocycles. The maximum atomic E-state index is 5.82. The molecule has 0 fully saturated rings. The van der Waals surface area contributed by atoms with Gasteiger partial charge in [0.15, 0.2) is 0 Å². The van der Waals surface area contributed by atoms with Gasteiger partial charge in [-0.05, 0) is 19.5 Å². The Hall–Kier alpha value is -0.860. The van der Waals surface area contributed by atoms with Crippen molar-refractivity contribution in [2.75, 3.05) is 7.05 Å². The summed E-state index contributed by atoms with van der Waals surface area (Å²) in [5.41, 5.74) is 7.06. The average molecular weight is 164 g/mol. The van der Waals surface area contributed by atoms with Crippen LogP contribution in [0, 0.1) is 0 Å². The third kappa shape index (κ3) is 2.06. The summed E-state index contributed by atoms with van der Waals surface area (Å²) in [4.78, 5) is 0. The summed E-state index contributed by atoms with van der Waals surface area (Å²) in [5.74, 6) is 0. The van der Waals surface area contributed by atoms with Crippen LogP contribution in [0.15, 0.2) is 30.3 Å². The van der Waals surface area contributed by atoms with Crippen LogP contribution in [0.2, 0.25) is 0 Å². The van der Waals surface area contributed by atoms with Gasteiger partial charge < -0.3 is 11.1 Å². The fraction of sp³-hybridized carbons (Fsp3) is 0.400. The van der Waals surface area contributed by atoms with E-state index in [0.717, 1.165) is 0 Å². The summed E-state index contributed by atoms with van der Waals surface area (Å²) in [6.45, 7) is 2.01. The van der Waals surface area contributed by atoms with Crippen molar-refractivity contribution in [3.8, 4) is 0 Å². The molecule has 0 unspecified atom stereocenters. The molecular weight excluding hydrogens is 148 g/mol. The highest BCUT2D eigenvalue weighted by atomic mass is 14.9. The Morgan fingerprint density at radius 3 is 2.25 bits per heavy atom. The lowest BCUT2D eigenvalue weighted by atomic mass is 10.0. The van der Waals surface area contributed by atoms with Gasteiger partial charge in [0, 0.05) is 12.1 Å². The Morgan fingerprint density at radius 1 is 1.25 bits per heavy atom. The predicted octanol–water partition coefficient (Wildman–Crippen LogP) is 1.29. The number of likely N-dealkylation sites (N-methyl/N-ethyl adjacent to an activating group) is 1. The molecular formula is C10H16N2. The van der Waals surface area contributed by atoms with Crippen molar-refractivity contribution < 1.29 is 0 Å². The first kappa shape index (κ1) is 9.23. The molecule has 0 heterocycles. The van der Waals surface area contributed by atoms with E-state index in [9.17, 15) is 0 Å². The molecule has 66 valence electrons. The molecule has 12 heavy (non-hydrogen) atoms. The van der Waals surface area contributed by atoms with Crippen LogP contribution >= 0.6 is 0 Å². The SMILES string of the molecule is CN[C@@H](c1ccccc1)[C@@H](C)N. The van der Waals surface area contributed by atoms with Gasteiger partial charge in [-0.2, -0.15) is 0 Å². The molecule has 0 saturated carbocycles.